The average molecular weight is 321 g/mol. The summed E-state index contributed by atoms with van der Waals surface area (Å²) in [6.45, 7) is 3.04. The number of nitrogens with one attached hydrogen (secondary N) is 1. The van der Waals surface area contributed by atoms with Gasteiger partial charge in [-0.05, 0) is 42.8 Å². The van der Waals surface area contributed by atoms with Crippen molar-refractivity contribution in [1.29, 1.82) is 5.26 Å². The predicted octanol–water partition coefficient (Wildman–Crippen LogP) is 2.70. The number of urea groups is 1. The molecule has 3 rings (SSSR count). The SMILES string of the molecule is N#Cc1ccc(N2CCCN(C(=O)Nc3cccnc3)CC2)cc1. The lowest BCUT2D eigenvalue weighted by Gasteiger charge is -2.24. The molecule has 1 aliphatic heterocycles. The molecule has 0 spiro atoms. The van der Waals surface area contributed by atoms with Crippen LogP contribution in [0.3, 0.4) is 0 Å². The van der Waals surface area contributed by atoms with E-state index in [1.165, 1.54) is 0 Å². The molecule has 0 saturated carbocycles. The predicted molar refractivity (Wildman–Crippen MR) is 92.8 cm³/mol. The fraction of sp³-hybridized carbons (Fsp3) is 0.278. The van der Waals surface area contributed by atoms with Gasteiger partial charge in [-0.3, -0.25) is 4.98 Å². The van der Waals surface area contributed by atoms with Gasteiger partial charge < -0.3 is 15.1 Å². The number of hydrogen-bond acceptors (Lipinski definition) is 4. The summed E-state index contributed by atoms with van der Waals surface area (Å²) in [5.41, 5.74) is 2.45. The average Bonchev–Trinajstić information content (AvgIpc) is 2.89. The molecule has 0 aliphatic carbocycles. The summed E-state index contributed by atoms with van der Waals surface area (Å²) in [5.74, 6) is 0. The molecule has 6 heteroatoms. The zero-order chi connectivity index (χ0) is 16.8. The van der Waals surface area contributed by atoms with Crippen molar-refractivity contribution in [2.45, 2.75) is 6.42 Å². The van der Waals surface area contributed by atoms with E-state index in [1.807, 2.05) is 35.2 Å². The largest absolute Gasteiger partial charge is 0.370 e. The number of nitriles is 1. The maximum atomic E-state index is 12.4. The molecule has 1 N–H and O–H groups in total. The molecule has 1 saturated heterocycles. The van der Waals surface area contributed by atoms with Crippen molar-refractivity contribution in [3.05, 3.63) is 54.4 Å². The highest BCUT2D eigenvalue weighted by molar-refractivity contribution is 5.89. The van der Waals surface area contributed by atoms with E-state index in [0.717, 1.165) is 31.7 Å². The number of carbonyl (C=O) groups excluding carboxylic acids is 1. The van der Waals surface area contributed by atoms with E-state index >= 15 is 0 Å². The van der Waals surface area contributed by atoms with E-state index in [4.69, 9.17) is 5.26 Å². The van der Waals surface area contributed by atoms with Crippen LogP contribution >= 0.6 is 0 Å². The van der Waals surface area contributed by atoms with Gasteiger partial charge in [0.05, 0.1) is 23.5 Å². The first-order chi connectivity index (χ1) is 11.8. The van der Waals surface area contributed by atoms with Crippen LogP contribution in [0.4, 0.5) is 16.2 Å². The van der Waals surface area contributed by atoms with Gasteiger partial charge in [-0.1, -0.05) is 0 Å². The minimum absolute atomic E-state index is 0.0929. The Balaban J connectivity index is 1.60. The molecule has 0 unspecified atom stereocenters. The molecule has 1 aliphatic rings. The summed E-state index contributed by atoms with van der Waals surface area (Å²) < 4.78 is 0. The second kappa shape index (κ2) is 7.47. The van der Waals surface area contributed by atoms with Crippen LogP contribution in [0.5, 0.6) is 0 Å². The highest BCUT2D eigenvalue weighted by atomic mass is 16.2. The fourth-order valence-corrected chi connectivity index (χ4v) is 2.76. The summed E-state index contributed by atoms with van der Waals surface area (Å²) in [7, 11) is 0. The molecule has 2 amide bonds. The maximum absolute atomic E-state index is 12.4. The van der Waals surface area contributed by atoms with Gasteiger partial charge in [-0.25, -0.2) is 4.79 Å². The zero-order valence-corrected chi connectivity index (χ0v) is 13.4. The molecule has 1 aromatic heterocycles. The highest BCUT2D eigenvalue weighted by Crippen LogP contribution is 2.17. The number of hydrogen-bond donors (Lipinski definition) is 1. The molecule has 2 aromatic rings. The van der Waals surface area contributed by atoms with Crippen LogP contribution in [0.15, 0.2) is 48.8 Å². The number of amides is 2. The van der Waals surface area contributed by atoms with Crippen molar-refractivity contribution >= 4 is 17.4 Å². The van der Waals surface area contributed by atoms with Crippen LogP contribution in [0.25, 0.3) is 0 Å². The molecule has 0 radical (unpaired) electrons. The van der Waals surface area contributed by atoms with Gasteiger partial charge in [-0.15, -0.1) is 0 Å². The number of pyridine rings is 1. The molecule has 1 aromatic carbocycles. The Kier molecular flexibility index (Phi) is 4.92. The van der Waals surface area contributed by atoms with Crippen molar-refractivity contribution in [3.8, 4) is 6.07 Å². The van der Waals surface area contributed by atoms with Crippen LogP contribution in [0.2, 0.25) is 0 Å². The molecule has 122 valence electrons. The molecule has 0 bridgehead atoms. The first-order valence-corrected chi connectivity index (χ1v) is 7.97. The van der Waals surface area contributed by atoms with E-state index < -0.39 is 0 Å². The third-order valence-corrected chi connectivity index (χ3v) is 4.06. The number of benzene rings is 1. The smallest absolute Gasteiger partial charge is 0.321 e. The van der Waals surface area contributed by atoms with E-state index in [0.29, 0.717) is 17.8 Å². The van der Waals surface area contributed by atoms with Crippen LogP contribution in [0, 0.1) is 11.3 Å². The van der Waals surface area contributed by atoms with E-state index in [1.54, 1.807) is 18.5 Å². The zero-order valence-electron chi connectivity index (χ0n) is 13.4. The summed E-state index contributed by atoms with van der Waals surface area (Å²) in [5, 5.41) is 11.8. The van der Waals surface area contributed by atoms with Crippen LogP contribution in [-0.4, -0.2) is 42.1 Å². The maximum Gasteiger partial charge on any atom is 0.321 e. The first kappa shape index (κ1) is 15.8. The minimum atomic E-state index is -0.0929. The van der Waals surface area contributed by atoms with Crippen molar-refractivity contribution in [1.82, 2.24) is 9.88 Å². The second-order valence-corrected chi connectivity index (χ2v) is 5.66. The van der Waals surface area contributed by atoms with Crippen molar-refractivity contribution < 1.29 is 4.79 Å². The third-order valence-electron chi connectivity index (χ3n) is 4.06. The molecule has 6 nitrogen and oxygen atoms in total. The number of carbonyl (C=O) groups is 1. The lowest BCUT2D eigenvalue weighted by Crippen LogP contribution is -2.38. The summed E-state index contributed by atoms with van der Waals surface area (Å²) in [6.07, 6.45) is 4.22. The Labute approximate surface area is 141 Å². The number of rotatable bonds is 2. The normalized spacial score (nSPS) is 14.6. The van der Waals surface area contributed by atoms with Crippen LogP contribution in [0.1, 0.15) is 12.0 Å². The lowest BCUT2D eigenvalue weighted by atomic mass is 10.2. The van der Waals surface area contributed by atoms with Gasteiger partial charge in [-0.2, -0.15) is 5.26 Å². The van der Waals surface area contributed by atoms with Crippen molar-refractivity contribution in [2.24, 2.45) is 0 Å². The van der Waals surface area contributed by atoms with Crippen molar-refractivity contribution in [3.63, 3.8) is 0 Å². The van der Waals surface area contributed by atoms with Gasteiger partial charge >= 0.3 is 6.03 Å². The van der Waals surface area contributed by atoms with Gasteiger partial charge in [0.2, 0.25) is 0 Å². The van der Waals surface area contributed by atoms with Crippen molar-refractivity contribution in [2.75, 3.05) is 36.4 Å². The monoisotopic (exact) mass is 321 g/mol. The van der Waals surface area contributed by atoms with E-state index in [9.17, 15) is 4.79 Å². The Hall–Kier alpha value is -3.07. The molecule has 24 heavy (non-hydrogen) atoms. The second-order valence-electron chi connectivity index (χ2n) is 5.66. The third kappa shape index (κ3) is 3.82. The van der Waals surface area contributed by atoms with Gasteiger partial charge in [0, 0.05) is 38.1 Å². The standard InChI is InChI=1S/C18H19N5O/c19-13-15-4-6-17(7-5-15)22-9-2-10-23(12-11-22)18(24)21-16-3-1-8-20-14-16/h1,3-8,14H,2,9-12H2,(H,21,24). The Morgan fingerprint density at radius 3 is 2.67 bits per heavy atom. The number of aromatic nitrogens is 1. The van der Waals surface area contributed by atoms with Gasteiger partial charge in [0.15, 0.2) is 0 Å². The first-order valence-electron chi connectivity index (χ1n) is 7.97. The molecular weight excluding hydrogens is 302 g/mol. The molecule has 0 atom stereocenters. The molecular formula is C18H19N5O. The van der Waals surface area contributed by atoms with E-state index in [2.05, 4.69) is 21.3 Å². The summed E-state index contributed by atoms with van der Waals surface area (Å²) >= 11 is 0. The summed E-state index contributed by atoms with van der Waals surface area (Å²) in [6, 6.07) is 13.2. The fourth-order valence-electron chi connectivity index (χ4n) is 2.76. The number of anilines is 2. The number of nitrogens with zero attached hydrogens (tertiary/aromatic N) is 4. The van der Waals surface area contributed by atoms with Crippen LogP contribution in [-0.2, 0) is 0 Å². The minimum Gasteiger partial charge on any atom is -0.370 e. The molecule has 2 heterocycles. The lowest BCUT2D eigenvalue weighted by molar-refractivity contribution is 0.215. The van der Waals surface area contributed by atoms with Crippen LogP contribution < -0.4 is 10.2 Å². The van der Waals surface area contributed by atoms with E-state index in [-0.39, 0.29) is 6.03 Å². The Morgan fingerprint density at radius 1 is 1.12 bits per heavy atom. The summed E-state index contributed by atoms with van der Waals surface area (Å²) in [4.78, 5) is 20.5. The Bertz CT molecular complexity index is 723. The van der Waals surface area contributed by atoms with Gasteiger partial charge in [0.1, 0.15) is 0 Å². The highest BCUT2D eigenvalue weighted by Gasteiger charge is 2.19. The quantitative estimate of drug-likeness (QED) is 0.923. The molecule has 1 fully saturated rings. The Morgan fingerprint density at radius 2 is 1.96 bits per heavy atom. The topological polar surface area (TPSA) is 72.3 Å². The van der Waals surface area contributed by atoms with Gasteiger partial charge in [0.25, 0.3) is 0 Å².